The fourth-order valence-electron chi connectivity index (χ4n) is 2.18. The molecule has 6 nitrogen and oxygen atoms in total. The Hall–Kier alpha value is -2.21. The number of rotatable bonds is 4. The van der Waals surface area contributed by atoms with Crippen LogP contribution in [0.5, 0.6) is 0 Å². The smallest absolute Gasteiger partial charge is 0.410 e. The van der Waals surface area contributed by atoms with Gasteiger partial charge in [0, 0.05) is 25.5 Å². The van der Waals surface area contributed by atoms with Crippen molar-refractivity contribution in [1.29, 1.82) is 0 Å². The zero-order valence-electron chi connectivity index (χ0n) is 11.3. The van der Waals surface area contributed by atoms with Crippen LogP contribution in [0.3, 0.4) is 0 Å². The summed E-state index contributed by atoms with van der Waals surface area (Å²) in [5.41, 5.74) is 6.27. The maximum absolute atomic E-state index is 11.9. The molecule has 1 unspecified atom stereocenters. The highest BCUT2D eigenvalue weighted by Gasteiger charge is 2.29. The minimum Gasteiger partial charge on any atom is -0.445 e. The Bertz CT molecular complexity index is 464. The molecule has 6 heteroatoms. The Kier molecular flexibility index (Phi) is 4.84. The Balaban J connectivity index is 1.80. The van der Waals surface area contributed by atoms with E-state index in [-0.39, 0.29) is 18.7 Å². The monoisotopic (exact) mass is 276 g/mol. The van der Waals surface area contributed by atoms with Crippen LogP contribution in [0, 0.1) is 0 Å². The number of likely N-dealkylation sites (tertiary alicyclic amines) is 1. The minimum absolute atomic E-state index is 0.0825. The van der Waals surface area contributed by atoms with Gasteiger partial charge >= 0.3 is 6.09 Å². The van der Waals surface area contributed by atoms with E-state index in [1.54, 1.807) is 11.1 Å². The van der Waals surface area contributed by atoms with Gasteiger partial charge in [0.2, 0.25) is 0 Å². The standard InChI is InChI=1S/C14H20N4O2/c15-7-9-18(16)13-6-8-17(10-13)14(19)20-11-12-4-2-1-3-5-12/h1-5,7,9,13H,6,8,10-11,15-16H2/b9-7+. The molecule has 0 spiro atoms. The van der Waals surface area contributed by atoms with Crippen LogP contribution in [0.1, 0.15) is 12.0 Å². The van der Waals surface area contributed by atoms with Crippen molar-refractivity contribution < 1.29 is 9.53 Å². The van der Waals surface area contributed by atoms with E-state index in [4.69, 9.17) is 16.3 Å². The van der Waals surface area contributed by atoms with Crippen LogP contribution in [0.15, 0.2) is 42.7 Å². The van der Waals surface area contributed by atoms with Crippen LogP contribution in [0.4, 0.5) is 4.79 Å². The van der Waals surface area contributed by atoms with E-state index in [1.807, 2.05) is 30.3 Å². The van der Waals surface area contributed by atoms with Crippen molar-refractivity contribution in [2.45, 2.75) is 19.1 Å². The highest BCUT2D eigenvalue weighted by molar-refractivity contribution is 5.68. The Morgan fingerprint density at radius 1 is 1.45 bits per heavy atom. The third kappa shape index (κ3) is 3.64. The molecule has 0 aromatic heterocycles. The topological polar surface area (TPSA) is 84.8 Å². The van der Waals surface area contributed by atoms with E-state index in [2.05, 4.69) is 0 Å². The summed E-state index contributed by atoms with van der Waals surface area (Å²) in [6, 6.07) is 9.69. The van der Waals surface area contributed by atoms with Crippen molar-refractivity contribution in [2.24, 2.45) is 11.6 Å². The molecule has 1 saturated heterocycles. The zero-order chi connectivity index (χ0) is 14.4. The van der Waals surface area contributed by atoms with Crippen LogP contribution in [-0.2, 0) is 11.3 Å². The van der Waals surface area contributed by atoms with Crippen molar-refractivity contribution in [3.8, 4) is 0 Å². The molecule has 1 atom stereocenters. The van der Waals surface area contributed by atoms with Gasteiger partial charge in [0.1, 0.15) is 6.61 Å². The maximum atomic E-state index is 11.9. The van der Waals surface area contributed by atoms with Crippen molar-refractivity contribution in [3.63, 3.8) is 0 Å². The first kappa shape index (κ1) is 14.2. The van der Waals surface area contributed by atoms with E-state index >= 15 is 0 Å². The second kappa shape index (κ2) is 6.81. The molecule has 2 rings (SSSR count). The minimum atomic E-state index is -0.304. The highest BCUT2D eigenvalue weighted by Crippen LogP contribution is 2.15. The van der Waals surface area contributed by atoms with E-state index < -0.39 is 0 Å². The summed E-state index contributed by atoms with van der Waals surface area (Å²) in [6.45, 7) is 1.48. The predicted molar refractivity (Wildman–Crippen MR) is 76.0 cm³/mol. The number of carbonyl (C=O) groups excluding carboxylic acids is 1. The summed E-state index contributed by atoms with van der Waals surface area (Å²) in [7, 11) is 0. The van der Waals surface area contributed by atoms with Crippen molar-refractivity contribution in [3.05, 3.63) is 48.3 Å². The number of nitrogens with two attached hydrogens (primary N) is 2. The molecule has 0 radical (unpaired) electrons. The molecular weight excluding hydrogens is 256 g/mol. The van der Waals surface area contributed by atoms with Crippen LogP contribution in [0.2, 0.25) is 0 Å². The Morgan fingerprint density at radius 2 is 2.20 bits per heavy atom. The summed E-state index contributed by atoms with van der Waals surface area (Å²) in [5, 5.41) is 1.53. The first-order valence-electron chi connectivity index (χ1n) is 6.57. The summed E-state index contributed by atoms with van der Waals surface area (Å²) in [5.74, 6) is 5.80. The van der Waals surface area contributed by atoms with Crippen molar-refractivity contribution in [2.75, 3.05) is 13.1 Å². The molecule has 0 aliphatic carbocycles. The molecule has 108 valence electrons. The number of hydrogen-bond acceptors (Lipinski definition) is 5. The first-order valence-corrected chi connectivity index (χ1v) is 6.57. The quantitative estimate of drug-likeness (QED) is 0.633. The van der Waals surface area contributed by atoms with Gasteiger partial charge in [-0.05, 0) is 12.0 Å². The van der Waals surface area contributed by atoms with Crippen LogP contribution in [0.25, 0.3) is 0 Å². The third-order valence-electron chi connectivity index (χ3n) is 3.31. The summed E-state index contributed by atoms with van der Waals surface area (Å²) < 4.78 is 5.28. The molecule has 0 bridgehead atoms. The lowest BCUT2D eigenvalue weighted by atomic mass is 10.2. The molecule has 1 fully saturated rings. The predicted octanol–water partition coefficient (Wildman–Crippen LogP) is 1.00. The van der Waals surface area contributed by atoms with Gasteiger partial charge < -0.3 is 20.4 Å². The maximum Gasteiger partial charge on any atom is 0.410 e. The fourth-order valence-corrected chi connectivity index (χ4v) is 2.18. The second-order valence-electron chi connectivity index (χ2n) is 4.72. The molecule has 1 aromatic carbocycles. The molecule has 1 amide bonds. The number of carbonyl (C=O) groups is 1. The molecule has 1 aliphatic heterocycles. The largest absolute Gasteiger partial charge is 0.445 e. The van der Waals surface area contributed by atoms with Gasteiger partial charge in [0.15, 0.2) is 0 Å². The number of nitrogens with zero attached hydrogens (tertiary/aromatic N) is 2. The SMILES string of the molecule is N/C=C/N(N)C1CCN(C(=O)OCc2ccccc2)C1. The Labute approximate surface area is 118 Å². The van der Waals surface area contributed by atoms with Gasteiger partial charge in [-0.25, -0.2) is 10.6 Å². The lowest BCUT2D eigenvalue weighted by Gasteiger charge is -2.22. The molecule has 1 aliphatic rings. The molecule has 4 N–H and O–H groups in total. The molecule has 0 saturated carbocycles. The first-order chi connectivity index (χ1) is 9.70. The molecular formula is C14H20N4O2. The summed E-state index contributed by atoms with van der Waals surface area (Å²) in [6.07, 6.45) is 3.49. The lowest BCUT2D eigenvalue weighted by molar-refractivity contribution is 0.102. The fraction of sp³-hybridized carbons (Fsp3) is 0.357. The van der Waals surface area contributed by atoms with Gasteiger partial charge in [-0.2, -0.15) is 0 Å². The number of hydrogen-bond donors (Lipinski definition) is 2. The molecule has 1 aromatic rings. The number of ether oxygens (including phenoxy) is 1. The van der Waals surface area contributed by atoms with E-state index in [9.17, 15) is 4.79 Å². The second-order valence-corrected chi connectivity index (χ2v) is 4.72. The zero-order valence-corrected chi connectivity index (χ0v) is 11.3. The molecule has 1 heterocycles. The van der Waals surface area contributed by atoms with E-state index in [0.717, 1.165) is 12.0 Å². The third-order valence-corrected chi connectivity index (χ3v) is 3.31. The summed E-state index contributed by atoms with van der Waals surface area (Å²) in [4.78, 5) is 13.6. The van der Waals surface area contributed by atoms with Gasteiger partial charge in [0.25, 0.3) is 0 Å². The number of benzene rings is 1. The van der Waals surface area contributed by atoms with Gasteiger partial charge in [-0.3, -0.25) is 0 Å². The van der Waals surface area contributed by atoms with Crippen LogP contribution in [-0.4, -0.2) is 35.1 Å². The van der Waals surface area contributed by atoms with Crippen molar-refractivity contribution in [1.82, 2.24) is 9.91 Å². The average Bonchev–Trinajstić information content (AvgIpc) is 2.96. The van der Waals surface area contributed by atoms with E-state index in [0.29, 0.717) is 13.1 Å². The van der Waals surface area contributed by atoms with Crippen LogP contribution >= 0.6 is 0 Å². The van der Waals surface area contributed by atoms with Gasteiger partial charge in [0.05, 0.1) is 6.04 Å². The number of hydrazine groups is 1. The van der Waals surface area contributed by atoms with Crippen LogP contribution < -0.4 is 11.6 Å². The normalized spacial score (nSPS) is 18.4. The van der Waals surface area contributed by atoms with Gasteiger partial charge in [-0.15, -0.1) is 0 Å². The number of amides is 1. The van der Waals surface area contributed by atoms with Crippen molar-refractivity contribution >= 4 is 6.09 Å². The highest BCUT2D eigenvalue weighted by atomic mass is 16.6. The van der Waals surface area contributed by atoms with E-state index in [1.165, 1.54) is 11.2 Å². The average molecular weight is 276 g/mol. The lowest BCUT2D eigenvalue weighted by Crippen LogP contribution is -2.40. The summed E-state index contributed by atoms with van der Waals surface area (Å²) >= 11 is 0. The molecule has 20 heavy (non-hydrogen) atoms. The Morgan fingerprint density at radius 3 is 2.90 bits per heavy atom. The van der Waals surface area contributed by atoms with Gasteiger partial charge in [-0.1, -0.05) is 30.3 Å².